The van der Waals surface area contributed by atoms with E-state index in [4.69, 9.17) is 11.6 Å². The molecule has 0 fully saturated rings. The van der Waals surface area contributed by atoms with Crippen molar-refractivity contribution < 1.29 is 26.3 Å². The molecule has 0 saturated heterocycles. The summed E-state index contributed by atoms with van der Waals surface area (Å²) in [5.41, 5.74) is -1.47. The van der Waals surface area contributed by atoms with Crippen LogP contribution in [-0.2, 0) is 6.18 Å². The van der Waals surface area contributed by atoms with Crippen molar-refractivity contribution in [2.45, 2.75) is 12.4 Å². The van der Waals surface area contributed by atoms with Gasteiger partial charge in [0.1, 0.15) is 6.54 Å². The molecule has 1 aromatic rings. The second kappa shape index (κ2) is 4.64. The molecule has 0 atom stereocenters. The number of halogens is 7. The summed E-state index contributed by atoms with van der Waals surface area (Å²) in [5.74, 6) is 0. The van der Waals surface area contributed by atoms with Crippen molar-refractivity contribution in [1.29, 1.82) is 0 Å². The van der Waals surface area contributed by atoms with Gasteiger partial charge in [0.05, 0.1) is 10.6 Å². The molecule has 0 aliphatic heterocycles. The summed E-state index contributed by atoms with van der Waals surface area (Å²) in [7, 11) is 0. The number of alkyl halides is 6. The Hall–Kier alpha value is -1.11. The zero-order chi connectivity index (χ0) is 13.3. The molecular weight excluding hydrogens is 272 g/mol. The highest BCUT2D eigenvalue weighted by molar-refractivity contribution is 6.31. The Morgan fingerprint density at radius 3 is 2.12 bits per heavy atom. The van der Waals surface area contributed by atoms with E-state index in [-0.39, 0.29) is 5.69 Å². The van der Waals surface area contributed by atoms with Crippen molar-refractivity contribution in [3.05, 3.63) is 28.8 Å². The monoisotopic (exact) mass is 277 g/mol. The van der Waals surface area contributed by atoms with Gasteiger partial charge in [-0.05, 0) is 18.2 Å². The number of rotatable bonds is 2. The summed E-state index contributed by atoms with van der Waals surface area (Å²) < 4.78 is 72.6. The molecule has 0 aromatic heterocycles. The second-order valence-corrected chi connectivity index (χ2v) is 3.57. The lowest BCUT2D eigenvalue weighted by atomic mass is 10.2. The maximum Gasteiger partial charge on any atom is 0.417 e. The fourth-order valence-electron chi connectivity index (χ4n) is 1.05. The molecule has 0 aliphatic rings. The van der Waals surface area contributed by atoms with Crippen LogP contribution in [0, 0.1) is 0 Å². The predicted molar refractivity (Wildman–Crippen MR) is 51.0 cm³/mol. The van der Waals surface area contributed by atoms with E-state index in [0.29, 0.717) is 6.07 Å². The largest absolute Gasteiger partial charge is 0.417 e. The molecule has 1 N–H and O–H groups in total. The van der Waals surface area contributed by atoms with E-state index in [1.165, 1.54) is 0 Å². The predicted octanol–water partition coefficient (Wildman–Crippen LogP) is 4.33. The lowest BCUT2D eigenvalue weighted by molar-refractivity contribution is -0.137. The van der Waals surface area contributed by atoms with Gasteiger partial charge in [-0.25, -0.2) is 0 Å². The third kappa shape index (κ3) is 4.33. The number of anilines is 1. The van der Waals surface area contributed by atoms with E-state index in [0.717, 1.165) is 12.1 Å². The summed E-state index contributed by atoms with van der Waals surface area (Å²) in [6, 6.07) is 2.47. The Bertz CT molecular complexity index is 397. The van der Waals surface area contributed by atoms with Gasteiger partial charge in [0.25, 0.3) is 0 Å². The van der Waals surface area contributed by atoms with Crippen molar-refractivity contribution in [2.24, 2.45) is 0 Å². The minimum Gasteiger partial charge on any atom is -0.376 e. The van der Waals surface area contributed by atoms with Crippen molar-refractivity contribution in [2.75, 3.05) is 11.9 Å². The van der Waals surface area contributed by atoms with Gasteiger partial charge in [0, 0.05) is 5.69 Å². The average molecular weight is 278 g/mol. The average Bonchev–Trinajstić information content (AvgIpc) is 2.13. The lowest BCUT2D eigenvalue weighted by Gasteiger charge is -2.13. The molecule has 0 radical (unpaired) electrons. The van der Waals surface area contributed by atoms with Gasteiger partial charge in [0.15, 0.2) is 0 Å². The molecule has 0 heterocycles. The Labute approximate surface area is 97.4 Å². The number of nitrogens with one attached hydrogen (secondary N) is 1. The highest BCUT2D eigenvalue weighted by Crippen LogP contribution is 2.36. The normalized spacial score (nSPS) is 12.6. The first-order valence-electron chi connectivity index (χ1n) is 4.27. The van der Waals surface area contributed by atoms with Crippen LogP contribution in [0.5, 0.6) is 0 Å². The van der Waals surface area contributed by atoms with E-state index in [1.807, 2.05) is 5.32 Å². The van der Waals surface area contributed by atoms with E-state index >= 15 is 0 Å². The van der Waals surface area contributed by atoms with E-state index in [1.54, 1.807) is 0 Å². The Kier molecular flexibility index (Phi) is 3.81. The summed E-state index contributed by atoms with van der Waals surface area (Å²) in [4.78, 5) is 0. The molecule has 96 valence electrons. The van der Waals surface area contributed by atoms with Gasteiger partial charge in [-0.15, -0.1) is 0 Å². The van der Waals surface area contributed by atoms with Crippen LogP contribution in [-0.4, -0.2) is 12.7 Å². The highest BCUT2D eigenvalue weighted by Gasteiger charge is 2.33. The van der Waals surface area contributed by atoms with Crippen LogP contribution in [0.15, 0.2) is 18.2 Å². The summed E-state index contributed by atoms with van der Waals surface area (Å²) >= 11 is 5.30. The number of hydrogen-bond acceptors (Lipinski definition) is 1. The Morgan fingerprint density at radius 2 is 1.65 bits per heavy atom. The molecule has 1 rings (SSSR count). The van der Waals surface area contributed by atoms with Gasteiger partial charge in [-0.1, -0.05) is 11.6 Å². The topological polar surface area (TPSA) is 12.0 Å². The van der Waals surface area contributed by atoms with Crippen LogP contribution in [0.1, 0.15) is 5.56 Å². The maximum absolute atomic E-state index is 12.4. The second-order valence-electron chi connectivity index (χ2n) is 3.16. The zero-order valence-corrected chi connectivity index (χ0v) is 8.84. The van der Waals surface area contributed by atoms with Gasteiger partial charge in [-0.3, -0.25) is 0 Å². The van der Waals surface area contributed by atoms with Gasteiger partial charge >= 0.3 is 12.4 Å². The molecule has 0 aliphatic carbocycles. The Balaban J connectivity index is 2.90. The summed E-state index contributed by atoms with van der Waals surface area (Å²) in [6.45, 7) is -1.41. The standard InChI is InChI=1S/C9H6ClF6N/c10-7-2-1-5(17-4-8(11,12)13)3-6(7)9(14,15)16/h1-3,17H,4H2. The van der Waals surface area contributed by atoms with Crippen molar-refractivity contribution in [1.82, 2.24) is 0 Å². The molecule has 8 heteroatoms. The fourth-order valence-corrected chi connectivity index (χ4v) is 1.28. The summed E-state index contributed by atoms with van der Waals surface area (Å²) in [5, 5.41) is 1.28. The molecule has 0 saturated carbocycles. The third-order valence-corrected chi connectivity index (χ3v) is 2.09. The molecule has 0 amide bonds. The SMILES string of the molecule is FC(F)(F)CNc1ccc(Cl)c(C(F)(F)F)c1. The van der Waals surface area contributed by atoms with Crippen LogP contribution in [0.2, 0.25) is 5.02 Å². The molecule has 0 bridgehead atoms. The Morgan fingerprint density at radius 1 is 1.06 bits per heavy atom. The molecule has 1 aromatic carbocycles. The minimum atomic E-state index is -4.70. The highest BCUT2D eigenvalue weighted by atomic mass is 35.5. The smallest absolute Gasteiger partial charge is 0.376 e. The molecular formula is C9H6ClF6N. The first kappa shape index (κ1) is 14.0. The number of benzene rings is 1. The van der Waals surface area contributed by atoms with Gasteiger partial charge < -0.3 is 5.32 Å². The third-order valence-electron chi connectivity index (χ3n) is 1.76. The zero-order valence-electron chi connectivity index (χ0n) is 8.08. The van der Waals surface area contributed by atoms with Crippen LogP contribution in [0.4, 0.5) is 32.0 Å². The van der Waals surface area contributed by atoms with E-state index < -0.39 is 29.5 Å². The molecule has 17 heavy (non-hydrogen) atoms. The van der Waals surface area contributed by atoms with Crippen molar-refractivity contribution in [3.8, 4) is 0 Å². The van der Waals surface area contributed by atoms with Crippen molar-refractivity contribution >= 4 is 17.3 Å². The van der Waals surface area contributed by atoms with Crippen LogP contribution < -0.4 is 5.32 Å². The minimum absolute atomic E-state index is 0.293. The fraction of sp³-hybridized carbons (Fsp3) is 0.333. The number of hydrogen-bond donors (Lipinski definition) is 1. The molecule has 1 nitrogen and oxygen atoms in total. The first-order chi connectivity index (χ1) is 7.59. The van der Waals surface area contributed by atoms with Crippen LogP contribution in [0.3, 0.4) is 0 Å². The molecule has 0 spiro atoms. The van der Waals surface area contributed by atoms with E-state index in [9.17, 15) is 26.3 Å². The quantitative estimate of drug-likeness (QED) is 0.793. The first-order valence-corrected chi connectivity index (χ1v) is 4.65. The summed E-state index contributed by atoms with van der Waals surface area (Å²) in [6.07, 6.45) is -9.20. The van der Waals surface area contributed by atoms with E-state index in [2.05, 4.69) is 0 Å². The van der Waals surface area contributed by atoms with Gasteiger partial charge in [-0.2, -0.15) is 26.3 Å². The van der Waals surface area contributed by atoms with Crippen LogP contribution >= 0.6 is 11.6 Å². The maximum atomic E-state index is 12.4. The van der Waals surface area contributed by atoms with Gasteiger partial charge in [0.2, 0.25) is 0 Å². The molecule has 0 unspecified atom stereocenters. The van der Waals surface area contributed by atoms with Crippen LogP contribution in [0.25, 0.3) is 0 Å². The lowest BCUT2D eigenvalue weighted by Crippen LogP contribution is -2.21. The van der Waals surface area contributed by atoms with Crippen molar-refractivity contribution in [3.63, 3.8) is 0 Å².